The number of hydrogen-bond acceptors (Lipinski definition) is 3. The van der Waals surface area contributed by atoms with E-state index >= 15 is 0 Å². The molecule has 5 heteroatoms. The Morgan fingerprint density at radius 2 is 2.42 bits per heavy atom. The number of amides is 1. The number of anilines is 1. The highest BCUT2D eigenvalue weighted by molar-refractivity contribution is 6.32. The van der Waals surface area contributed by atoms with Gasteiger partial charge in [-0.25, -0.2) is 0 Å². The fourth-order valence-corrected chi connectivity index (χ4v) is 2.15. The van der Waals surface area contributed by atoms with Crippen LogP contribution >= 0.6 is 11.6 Å². The first kappa shape index (κ1) is 14.2. The predicted octanol–water partition coefficient (Wildman–Crippen LogP) is 3.25. The summed E-state index contributed by atoms with van der Waals surface area (Å²) in [5.41, 5.74) is 0.661. The molecule has 2 rings (SSSR count). The van der Waals surface area contributed by atoms with Gasteiger partial charge >= 0.3 is 0 Å². The Bertz CT molecular complexity index is 444. The summed E-state index contributed by atoms with van der Waals surface area (Å²) >= 11 is 6.10. The zero-order valence-corrected chi connectivity index (χ0v) is 11.7. The second-order valence-electron chi connectivity index (χ2n) is 4.48. The van der Waals surface area contributed by atoms with E-state index in [0.29, 0.717) is 29.7 Å². The minimum atomic E-state index is -0.338. The monoisotopic (exact) mass is 283 g/mol. The van der Waals surface area contributed by atoms with Crippen molar-refractivity contribution in [3.8, 4) is 5.75 Å². The molecule has 0 saturated carbocycles. The summed E-state index contributed by atoms with van der Waals surface area (Å²) in [4.78, 5) is 11.9. The summed E-state index contributed by atoms with van der Waals surface area (Å²) in [6.07, 6.45) is 2.29. The second kappa shape index (κ2) is 6.78. The van der Waals surface area contributed by atoms with Crippen molar-refractivity contribution in [2.75, 3.05) is 18.5 Å². The predicted molar refractivity (Wildman–Crippen MR) is 74.8 cm³/mol. The molecule has 1 aliphatic rings. The van der Waals surface area contributed by atoms with Gasteiger partial charge in [0.2, 0.25) is 0 Å². The topological polar surface area (TPSA) is 47.6 Å². The van der Waals surface area contributed by atoms with E-state index in [-0.39, 0.29) is 12.0 Å². The maximum atomic E-state index is 11.9. The lowest BCUT2D eigenvalue weighted by Crippen LogP contribution is -2.26. The molecule has 1 N–H and O–H groups in total. The average molecular weight is 284 g/mol. The van der Waals surface area contributed by atoms with Crippen molar-refractivity contribution in [2.45, 2.75) is 32.3 Å². The van der Waals surface area contributed by atoms with E-state index in [2.05, 4.69) is 5.32 Å². The molecule has 1 aliphatic heterocycles. The zero-order chi connectivity index (χ0) is 13.7. The van der Waals surface area contributed by atoms with E-state index in [0.717, 1.165) is 19.3 Å². The first-order chi connectivity index (χ1) is 9.20. The highest BCUT2D eigenvalue weighted by Gasteiger charge is 2.23. The number of carbonyl (C=O) groups excluding carboxylic acids is 1. The van der Waals surface area contributed by atoms with Crippen LogP contribution in [0.5, 0.6) is 5.75 Å². The maximum absolute atomic E-state index is 11.9. The second-order valence-corrected chi connectivity index (χ2v) is 4.89. The van der Waals surface area contributed by atoms with Gasteiger partial charge in [0, 0.05) is 12.3 Å². The number of halogens is 1. The van der Waals surface area contributed by atoms with Crippen molar-refractivity contribution in [1.29, 1.82) is 0 Å². The lowest BCUT2D eigenvalue weighted by atomic mass is 10.2. The quantitative estimate of drug-likeness (QED) is 0.902. The Morgan fingerprint density at radius 1 is 1.58 bits per heavy atom. The van der Waals surface area contributed by atoms with E-state index < -0.39 is 0 Å². The van der Waals surface area contributed by atoms with Gasteiger partial charge in [-0.05, 0) is 37.5 Å². The van der Waals surface area contributed by atoms with E-state index in [1.165, 1.54) is 0 Å². The van der Waals surface area contributed by atoms with Crippen LogP contribution in [0.15, 0.2) is 18.2 Å². The van der Waals surface area contributed by atoms with Crippen LogP contribution < -0.4 is 10.1 Å². The van der Waals surface area contributed by atoms with Gasteiger partial charge in [0.1, 0.15) is 11.9 Å². The summed E-state index contributed by atoms with van der Waals surface area (Å²) < 4.78 is 10.8. The molecule has 104 valence electrons. The first-order valence-electron chi connectivity index (χ1n) is 6.55. The number of rotatable bonds is 5. The summed E-state index contributed by atoms with van der Waals surface area (Å²) in [6.45, 7) is 3.31. The summed E-state index contributed by atoms with van der Waals surface area (Å²) in [5.74, 6) is 0.523. The minimum Gasteiger partial charge on any atom is -0.492 e. The van der Waals surface area contributed by atoms with E-state index in [1.807, 2.05) is 6.92 Å². The van der Waals surface area contributed by atoms with Crippen molar-refractivity contribution in [3.05, 3.63) is 23.2 Å². The van der Waals surface area contributed by atoms with E-state index in [9.17, 15) is 4.79 Å². The Balaban J connectivity index is 1.97. The van der Waals surface area contributed by atoms with Gasteiger partial charge < -0.3 is 14.8 Å². The Kier molecular flexibility index (Phi) is 5.05. The third kappa shape index (κ3) is 3.85. The van der Waals surface area contributed by atoms with Gasteiger partial charge in [0.25, 0.3) is 5.91 Å². The van der Waals surface area contributed by atoms with Crippen molar-refractivity contribution >= 4 is 23.2 Å². The molecule has 1 heterocycles. The molecule has 0 aromatic heterocycles. The van der Waals surface area contributed by atoms with Crippen LogP contribution in [0.25, 0.3) is 0 Å². The normalized spacial score (nSPS) is 18.3. The third-order valence-electron chi connectivity index (χ3n) is 2.88. The SMILES string of the molecule is CCCOc1ccc(NC(=O)[C@H]2CCCO2)cc1Cl. The first-order valence-corrected chi connectivity index (χ1v) is 6.93. The smallest absolute Gasteiger partial charge is 0.253 e. The fourth-order valence-electron chi connectivity index (χ4n) is 1.91. The van der Waals surface area contributed by atoms with E-state index in [4.69, 9.17) is 21.1 Å². The third-order valence-corrected chi connectivity index (χ3v) is 3.18. The molecule has 1 saturated heterocycles. The molecule has 0 radical (unpaired) electrons. The fraction of sp³-hybridized carbons (Fsp3) is 0.500. The maximum Gasteiger partial charge on any atom is 0.253 e. The molecule has 1 amide bonds. The van der Waals surface area contributed by atoms with Crippen molar-refractivity contribution in [1.82, 2.24) is 0 Å². The van der Waals surface area contributed by atoms with Crippen LogP contribution in [0.3, 0.4) is 0 Å². The van der Waals surface area contributed by atoms with Crippen molar-refractivity contribution in [3.63, 3.8) is 0 Å². The molecule has 0 aliphatic carbocycles. The van der Waals surface area contributed by atoms with Crippen molar-refractivity contribution < 1.29 is 14.3 Å². The molecule has 1 aromatic rings. The molecule has 1 atom stereocenters. The van der Waals surface area contributed by atoms with Gasteiger partial charge in [0.05, 0.1) is 11.6 Å². The van der Waals surface area contributed by atoms with Crippen molar-refractivity contribution in [2.24, 2.45) is 0 Å². The Labute approximate surface area is 118 Å². The molecule has 1 fully saturated rings. The largest absolute Gasteiger partial charge is 0.492 e. The van der Waals surface area contributed by atoms with Crippen LogP contribution in [0.4, 0.5) is 5.69 Å². The zero-order valence-electron chi connectivity index (χ0n) is 10.9. The highest BCUT2D eigenvalue weighted by Crippen LogP contribution is 2.28. The molecular weight excluding hydrogens is 266 g/mol. The number of ether oxygens (including phenoxy) is 2. The lowest BCUT2D eigenvalue weighted by molar-refractivity contribution is -0.124. The summed E-state index contributed by atoms with van der Waals surface area (Å²) in [6, 6.07) is 5.24. The molecule has 0 bridgehead atoms. The lowest BCUT2D eigenvalue weighted by Gasteiger charge is -2.12. The van der Waals surface area contributed by atoms with Crippen LogP contribution in [0, 0.1) is 0 Å². The molecule has 0 unspecified atom stereocenters. The molecule has 1 aromatic carbocycles. The number of hydrogen-bond donors (Lipinski definition) is 1. The van der Waals surface area contributed by atoms with Crippen LogP contribution in [0.2, 0.25) is 5.02 Å². The molecular formula is C14H18ClNO3. The highest BCUT2D eigenvalue weighted by atomic mass is 35.5. The summed E-state index contributed by atoms with van der Waals surface area (Å²) in [5, 5.41) is 3.30. The van der Waals surface area contributed by atoms with Crippen LogP contribution in [-0.4, -0.2) is 25.2 Å². The Morgan fingerprint density at radius 3 is 3.05 bits per heavy atom. The number of carbonyl (C=O) groups is 1. The van der Waals surface area contributed by atoms with Gasteiger partial charge in [-0.2, -0.15) is 0 Å². The van der Waals surface area contributed by atoms with Crippen LogP contribution in [-0.2, 0) is 9.53 Å². The van der Waals surface area contributed by atoms with Gasteiger partial charge in [-0.15, -0.1) is 0 Å². The molecule has 0 spiro atoms. The minimum absolute atomic E-state index is 0.115. The Hall–Kier alpha value is -1.26. The number of benzene rings is 1. The van der Waals surface area contributed by atoms with Gasteiger partial charge in [0.15, 0.2) is 0 Å². The molecule has 19 heavy (non-hydrogen) atoms. The van der Waals surface area contributed by atoms with Gasteiger partial charge in [-0.3, -0.25) is 4.79 Å². The summed E-state index contributed by atoms with van der Waals surface area (Å²) in [7, 11) is 0. The van der Waals surface area contributed by atoms with Crippen LogP contribution in [0.1, 0.15) is 26.2 Å². The average Bonchev–Trinajstić information content (AvgIpc) is 2.92. The standard InChI is InChI=1S/C14H18ClNO3/c1-2-7-18-12-6-5-10(9-11(12)15)16-14(17)13-4-3-8-19-13/h5-6,9,13H,2-4,7-8H2,1H3,(H,16,17)/t13-/m1/s1. The van der Waals surface area contributed by atoms with Gasteiger partial charge in [-0.1, -0.05) is 18.5 Å². The van der Waals surface area contributed by atoms with E-state index in [1.54, 1.807) is 18.2 Å². The molecule has 4 nitrogen and oxygen atoms in total. The number of nitrogens with one attached hydrogen (secondary N) is 1.